The lowest BCUT2D eigenvalue weighted by Crippen LogP contribution is -2.35. The molecule has 1 aliphatic rings. The van der Waals surface area contributed by atoms with Gasteiger partial charge in [0.1, 0.15) is 6.54 Å². The maximum absolute atomic E-state index is 12.3. The Morgan fingerprint density at radius 1 is 1.00 bits per heavy atom. The van der Waals surface area contributed by atoms with E-state index in [0.29, 0.717) is 11.3 Å². The van der Waals surface area contributed by atoms with Crippen LogP contribution in [0.2, 0.25) is 0 Å². The Hall–Kier alpha value is -3.05. The van der Waals surface area contributed by atoms with Gasteiger partial charge in [0, 0.05) is 34.4 Å². The number of nitrogen functional groups attached to an aromatic ring is 1. The largest absolute Gasteiger partial charge is 0.399 e. The minimum atomic E-state index is -0.146. The predicted molar refractivity (Wildman–Crippen MR) is 103 cm³/mol. The van der Waals surface area contributed by atoms with Gasteiger partial charge in [-0.15, -0.1) is 0 Å². The van der Waals surface area contributed by atoms with Gasteiger partial charge in [-0.05, 0) is 54.6 Å². The number of hydrogen-bond donors (Lipinski definition) is 3. The number of benzene rings is 2. The van der Waals surface area contributed by atoms with Gasteiger partial charge in [-0.1, -0.05) is 0 Å². The summed E-state index contributed by atoms with van der Waals surface area (Å²) in [5, 5.41) is 6.22. The summed E-state index contributed by atoms with van der Waals surface area (Å²) in [7, 11) is 4.30. The number of amides is 1. The highest BCUT2D eigenvalue weighted by Crippen LogP contribution is 2.17. The zero-order valence-corrected chi connectivity index (χ0v) is 14.5. The van der Waals surface area contributed by atoms with Gasteiger partial charge in [0.05, 0.1) is 20.3 Å². The molecule has 1 aliphatic heterocycles. The van der Waals surface area contributed by atoms with Crippen molar-refractivity contribution in [2.24, 2.45) is 0 Å². The van der Waals surface area contributed by atoms with E-state index < -0.39 is 0 Å². The smallest absolute Gasteiger partial charge is 0.255 e. The van der Waals surface area contributed by atoms with Gasteiger partial charge < -0.3 is 16.4 Å². The van der Waals surface area contributed by atoms with E-state index in [0.717, 1.165) is 28.1 Å². The second-order valence-electron chi connectivity index (χ2n) is 6.71. The molecular weight excluding hydrogens is 312 g/mol. The van der Waals surface area contributed by atoms with Crippen LogP contribution in [-0.2, 0) is 0 Å². The summed E-state index contributed by atoms with van der Waals surface area (Å²) >= 11 is 0. The number of likely N-dealkylation sites (N-methyl/N-ethyl adjacent to an activating group) is 1. The molecule has 0 aliphatic carbocycles. The maximum Gasteiger partial charge on any atom is 0.255 e. The number of rotatable bonds is 4. The highest BCUT2D eigenvalue weighted by molar-refractivity contribution is 6.04. The van der Waals surface area contributed by atoms with Crippen molar-refractivity contribution in [3.8, 4) is 0 Å². The molecule has 5 heteroatoms. The van der Waals surface area contributed by atoms with Gasteiger partial charge in [-0.3, -0.25) is 9.28 Å². The summed E-state index contributed by atoms with van der Waals surface area (Å²) in [6, 6.07) is 14.5. The average Bonchev–Trinajstić information content (AvgIpc) is 2.59. The first kappa shape index (κ1) is 16.8. The van der Waals surface area contributed by atoms with E-state index >= 15 is 0 Å². The van der Waals surface area contributed by atoms with Crippen molar-refractivity contribution in [1.29, 1.82) is 0 Å². The van der Waals surface area contributed by atoms with E-state index in [9.17, 15) is 4.79 Å². The zero-order chi connectivity index (χ0) is 17.9. The van der Waals surface area contributed by atoms with Gasteiger partial charge in [0.25, 0.3) is 5.91 Å². The minimum absolute atomic E-state index is 0.146. The number of hydrogen-bond acceptors (Lipinski definition) is 3. The lowest BCUT2D eigenvalue weighted by atomic mass is 10.1. The number of nitrogens with two attached hydrogens (primary N) is 1. The van der Waals surface area contributed by atoms with Gasteiger partial charge >= 0.3 is 0 Å². The quantitative estimate of drug-likeness (QED) is 0.592. The van der Waals surface area contributed by atoms with E-state index in [-0.39, 0.29) is 5.91 Å². The molecule has 2 aromatic rings. The van der Waals surface area contributed by atoms with Crippen molar-refractivity contribution in [3.05, 3.63) is 78.1 Å². The van der Waals surface area contributed by atoms with Crippen molar-refractivity contribution in [1.82, 2.24) is 0 Å². The Morgan fingerprint density at radius 3 is 2.24 bits per heavy atom. The predicted octanol–water partition coefficient (Wildman–Crippen LogP) is 3.42. The molecule has 128 valence electrons. The van der Waals surface area contributed by atoms with Crippen molar-refractivity contribution < 1.29 is 9.28 Å². The van der Waals surface area contributed by atoms with Gasteiger partial charge in [-0.25, -0.2) is 0 Å². The van der Waals surface area contributed by atoms with Crippen LogP contribution in [0.1, 0.15) is 10.4 Å². The monoisotopic (exact) mass is 335 g/mol. The second-order valence-corrected chi connectivity index (χ2v) is 6.71. The number of quaternary nitrogens is 1. The summed E-state index contributed by atoms with van der Waals surface area (Å²) in [6.45, 7) is 0.945. The Labute approximate surface area is 148 Å². The first-order valence-electron chi connectivity index (χ1n) is 8.17. The highest BCUT2D eigenvalue weighted by Gasteiger charge is 2.14. The Kier molecular flexibility index (Phi) is 4.59. The first-order valence-corrected chi connectivity index (χ1v) is 8.17. The molecule has 0 aromatic heterocycles. The third-order valence-corrected chi connectivity index (χ3v) is 4.04. The SMILES string of the molecule is C[N+]1(C)C=CC(Nc2ccc(C(=O)Nc3ccc(N)cc3)cc2)=CC1. The van der Waals surface area contributed by atoms with Crippen molar-refractivity contribution in [2.45, 2.75) is 0 Å². The number of carbonyl (C=O) groups excluding carboxylic acids is 1. The Balaban J connectivity index is 1.62. The Morgan fingerprint density at radius 2 is 1.64 bits per heavy atom. The van der Waals surface area contributed by atoms with Gasteiger partial charge in [0.15, 0.2) is 0 Å². The molecular formula is C20H23N4O+. The second kappa shape index (κ2) is 6.83. The Bertz CT molecular complexity index is 818. The average molecular weight is 335 g/mol. The van der Waals surface area contributed by atoms with Crippen LogP contribution in [0.4, 0.5) is 17.1 Å². The lowest BCUT2D eigenvalue weighted by molar-refractivity contribution is -0.833. The summed E-state index contributed by atoms with van der Waals surface area (Å²) in [4.78, 5) is 12.3. The molecule has 0 saturated heterocycles. The molecule has 3 rings (SSSR count). The molecule has 25 heavy (non-hydrogen) atoms. The molecule has 0 spiro atoms. The van der Waals surface area contributed by atoms with Crippen LogP contribution in [0.15, 0.2) is 72.6 Å². The van der Waals surface area contributed by atoms with Crippen LogP contribution in [0.3, 0.4) is 0 Å². The van der Waals surface area contributed by atoms with E-state index in [1.165, 1.54) is 0 Å². The molecule has 0 bridgehead atoms. The molecule has 2 aromatic carbocycles. The zero-order valence-electron chi connectivity index (χ0n) is 14.5. The molecule has 0 atom stereocenters. The summed E-state index contributed by atoms with van der Waals surface area (Å²) in [5.74, 6) is -0.146. The highest BCUT2D eigenvalue weighted by atomic mass is 16.1. The van der Waals surface area contributed by atoms with Gasteiger partial charge in [0.2, 0.25) is 0 Å². The van der Waals surface area contributed by atoms with Crippen molar-refractivity contribution in [3.63, 3.8) is 0 Å². The van der Waals surface area contributed by atoms with Crippen LogP contribution in [0, 0.1) is 0 Å². The fourth-order valence-electron chi connectivity index (χ4n) is 2.48. The minimum Gasteiger partial charge on any atom is -0.399 e. The summed E-state index contributed by atoms with van der Waals surface area (Å²) < 4.78 is 0.843. The molecule has 0 fully saturated rings. The molecule has 5 nitrogen and oxygen atoms in total. The van der Waals surface area contributed by atoms with E-state index in [1.54, 1.807) is 24.3 Å². The molecule has 0 saturated carbocycles. The number of nitrogens with zero attached hydrogens (tertiary/aromatic N) is 1. The van der Waals surface area contributed by atoms with Crippen molar-refractivity contribution >= 4 is 23.0 Å². The maximum atomic E-state index is 12.3. The standard InChI is InChI=1S/C20H22N4O/c1-24(2)13-11-19(12-14-24)22-17-7-3-15(4-8-17)20(25)23-18-9-5-16(21)6-10-18/h3-13H,14,21H2,1-2H3,(H-,22,23,25)/p+1. The van der Waals surface area contributed by atoms with E-state index in [4.69, 9.17) is 5.73 Å². The molecule has 4 N–H and O–H groups in total. The fourth-order valence-corrected chi connectivity index (χ4v) is 2.48. The lowest BCUT2D eigenvalue weighted by Gasteiger charge is -2.26. The van der Waals surface area contributed by atoms with E-state index in [1.807, 2.05) is 24.3 Å². The van der Waals surface area contributed by atoms with Crippen LogP contribution >= 0.6 is 0 Å². The third kappa shape index (κ3) is 4.49. The number of nitrogens with one attached hydrogen (secondary N) is 2. The number of allylic oxidation sites excluding steroid dienone is 1. The fraction of sp³-hybridized carbons (Fsp3) is 0.150. The normalized spacial score (nSPS) is 15.4. The molecule has 1 heterocycles. The first-order chi connectivity index (χ1) is 11.9. The topological polar surface area (TPSA) is 67.2 Å². The van der Waals surface area contributed by atoms with Crippen LogP contribution in [0.25, 0.3) is 0 Å². The molecule has 0 unspecified atom stereocenters. The van der Waals surface area contributed by atoms with Gasteiger partial charge in [-0.2, -0.15) is 0 Å². The molecule has 1 amide bonds. The van der Waals surface area contributed by atoms with Crippen LogP contribution in [0.5, 0.6) is 0 Å². The van der Waals surface area contributed by atoms with Crippen molar-refractivity contribution in [2.75, 3.05) is 37.0 Å². The van der Waals surface area contributed by atoms with Crippen LogP contribution in [-0.4, -0.2) is 31.0 Å². The summed E-state index contributed by atoms with van der Waals surface area (Å²) in [5.41, 5.74) is 9.66. The van der Waals surface area contributed by atoms with Crippen LogP contribution < -0.4 is 16.4 Å². The van der Waals surface area contributed by atoms with E-state index in [2.05, 4.69) is 43.1 Å². The summed E-state index contributed by atoms with van der Waals surface area (Å²) in [6.07, 6.45) is 6.39. The third-order valence-electron chi connectivity index (χ3n) is 4.04. The number of carbonyl (C=O) groups is 1. The molecule has 0 radical (unpaired) electrons. The number of anilines is 3.